The molecular formula is C22H24N4O2. The van der Waals surface area contributed by atoms with E-state index in [0.717, 1.165) is 16.9 Å². The Kier molecular flexibility index (Phi) is 6.22. The van der Waals surface area contributed by atoms with E-state index in [-0.39, 0.29) is 12.6 Å². The lowest BCUT2D eigenvalue weighted by Crippen LogP contribution is -2.13. The van der Waals surface area contributed by atoms with Gasteiger partial charge >= 0.3 is 5.97 Å². The van der Waals surface area contributed by atoms with Crippen molar-refractivity contribution in [1.29, 1.82) is 0 Å². The number of carbonyl (C=O) groups excluding carboxylic acids is 1. The van der Waals surface area contributed by atoms with Gasteiger partial charge in [-0.25, -0.2) is 14.8 Å². The molecule has 28 heavy (non-hydrogen) atoms. The third kappa shape index (κ3) is 4.65. The topological polar surface area (TPSA) is 76.1 Å². The highest BCUT2D eigenvalue weighted by atomic mass is 16.5. The Morgan fingerprint density at radius 2 is 1.71 bits per heavy atom. The number of nitrogens with one attached hydrogen (secondary N) is 2. The van der Waals surface area contributed by atoms with Crippen LogP contribution in [0.2, 0.25) is 0 Å². The van der Waals surface area contributed by atoms with Crippen LogP contribution in [0.5, 0.6) is 0 Å². The summed E-state index contributed by atoms with van der Waals surface area (Å²) < 4.78 is 5.17. The van der Waals surface area contributed by atoms with Crippen LogP contribution in [0.3, 0.4) is 0 Å². The second-order valence-electron chi connectivity index (χ2n) is 6.51. The van der Waals surface area contributed by atoms with Crippen LogP contribution in [0, 0.1) is 0 Å². The third-order valence-corrected chi connectivity index (χ3v) is 3.94. The van der Waals surface area contributed by atoms with E-state index in [1.165, 1.54) is 6.20 Å². The maximum absolute atomic E-state index is 12.4. The van der Waals surface area contributed by atoms with Gasteiger partial charge in [0.1, 0.15) is 11.4 Å². The van der Waals surface area contributed by atoms with Gasteiger partial charge in [-0.05, 0) is 32.9 Å². The van der Waals surface area contributed by atoms with Gasteiger partial charge in [-0.2, -0.15) is 0 Å². The number of para-hydroxylation sites is 2. The summed E-state index contributed by atoms with van der Waals surface area (Å²) in [4.78, 5) is 21.4. The van der Waals surface area contributed by atoms with E-state index in [1.807, 2.05) is 54.6 Å². The molecule has 2 aromatic carbocycles. The first kappa shape index (κ1) is 19.4. The molecule has 0 unspecified atom stereocenters. The van der Waals surface area contributed by atoms with E-state index in [4.69, 9.17) is 4.74 Å². The van der Waals surface area contributed by atoms with Gasteiger partial charge in [-0.3, -0.25) is 0 Å². The van der Waals surface area contributed by atoms with Crippen molar-refractivity contribution in [3.8, 4) is 11.4 Å². The van der Waals surface area contributed by atoms with E-state index in [9.17, 15) is 4.79 Å². The smallest absolute Gasteiger partial charge is 0.343 e. The molecule has 0 aliphatic heterocycles. The summed E-state index contributed by atoms with van der Waals surface area (Å²) in [6.07, 6.45) is 1.51. The van der Waals surface area contributed by atoms with E-state index in [0.29, 0.717) is 17.2 Å². The summed E-state index contributed by atoms with van der Waals surface area (Å²) in [7, 11) is 0. The van der Waals surface area contributed by atoms with Gasteiger partial charge in [0.15, 0.2) is 5.82 Å². The number of ether oxygens (including phenoxy) is 1. The summed E-state index contributed by atoms with van der Waals surface area (Å²) in [6, 6.07) is 17.7. The fourth-order valence-electron chi connectivity index (χ4n) is 2.72. The minimum absolute atomic E-state index is 0.262. The molecule has 0 aliphatic carbocycles. The van der Waals surface area contributed by atoms with Crippen LogP contribution in [-0.4, -0.2) is 28.6 Å². The van der Waals surface area contributed by atoms with Crippen molar-refractivity contribution >= 4 is 23.2 Å². The molecule has 0 radical (unpaired) electrons. The van der Waals surface area contributed by atoms with E-state index in [2.05, 4.69) is 34.4 Å². The van der Waals surface area contributed by atoms with Gasteiger partial charge in [0, 0.05) is 17.8 Å². The maximum atomic E-state index is 12.4. The Labute approximate surface area is 165 Å². The molecule has 2 N–H and O–H groups in total. The largest absolute Gasteiger partial charge is 0.462 e. The Bertz CT molecular complexity index is 942. The summed E-state index contributed by atoms with van der Waals surface area (Å²) in [6.45, 7) is 6.19. The van der Waals surface area contributed by atoms with E-state index in [1.54, 1.807) is 6.92 Å². The van der Waals surface area contributed by atoms with Crippen LogP contribution in [0.15, 0.2) is 60.8 Å². The highest BCUT2D eigenvalue weighted by Crippen LogP contribution is 2.28. The van der Waals surface area contributed by atoms with Gasteiger partial charge in [0.25, 0.3) is 0 Å². The number of hydrogen-bond donors (Lipinski definition) is 2. The number of benzene rings is 2. The first-order chi connectivity index (χ1) is 13.6. The molecule has 0 amide bonds. The molecule has 0 fully saturated rings. The highest BCUT2D eigenvalue weighted by Gasteiger charge is 2.18. The van der Waals surface area contributed by atoms with Crippen LogP contribution in [0.25, 0.3) is 11.4 Å². The molecule has 0 saturated heterocycles. The van der Waals surface area contributed by atoms with E-state index < -0.39 is 5.97 Å². The van der Waals surface area contributed by atoms with Gasteiger partial charge < -0.3 is 15.4 Å². The lowest BCUT2D eigenvalue weighted by molar-refractivity contribution is 0.0526. The zero-order valence-electron chi connectivity index (χ0n) is 16.3. The van der Waals surface area contributed by atoms with Gasteiger partial charge in [-0.15, -0.1) is 0 Å². The number of hydrogen-bond acceptors (Lipinski definition) is 6. The molecule has 0 spiro atoms. The van der Waals surface area contributed by atoms with Crippen molar-refractivity contribution in [2.45, 2.75) is 26.8 Å². The quantitative estimate of drug-likeness (QED) is 0.572. The summed E-state index contributed by atoms with van der Waals surface area (Å²) >= 11 is 0. The number of anilines is 3. The molecule has 1 aromatic heterocycles. The lowest BCUT2D eigenvalue weighted by atomic mass is 10.2. The molecule has 1 heterocycles. The fraction of sp³-hybridized carbons (Fsp3) is 0.227. The summed E-state index contributed by atoms with van der Waals surface area (Å²) in [5.41, 5.74) is 2.90. The Morgan fingerprint density at radius 1 is 1.04 bits per heavy atom. The van der Waals surface area contributed by atoms with Crippen molar-refractivity contribution in [1.82, 2.24) is 9.97 Å². The molecule has 0 aliphatic rings. The van der Waals surface area contributed by atoms with E-state index >= 15 is 0 Å². The second kappa shape index (κ2) is 8.99. The van der Waals surface area contributed by atoms with Crippen LogP contribution in [-0.2, 0) is 4.74 Å². The van der Waals surface area contributed by atoms with Crippen LogP contribution in [0.1, 0.15) is 31.1 Å². The molecule has 6 heteroatoms. The first-order valence-corrected chi connectivity index (χ1v) is 9.30. The monoisotopic (exact) mass is 376 g/mol. The molecule has 3 rings (SSSR count). The van der Waals surface area contributed by atoms with Crippen molar-refractivity contribution in [3.05, 3.63) is 66.4 Å². The predicted molar refractivity (Wildman–Crippen MR) is 112 cm³/mol. The maximum Gasteiger partial charge on any atom is 0.343 e. The minimum Gasteiger partial charge on any atom is -0.462 e. The molecule has 0 saturated carbocycles. The highest BCUT2D eigenvalue weighted by molar-refractivity contribution is 5.96. The summed E-state index contributed by atoms with van der Waals surface area (Å²) in [5, 5.41) is 6.67. The van der Waals surface area contributed by atoms with Gasteiger partial charge in [0.2, 0.25) is 0 Å². The summed E-state index contributed by atoms with van der Waals surface area (Å²) in [5.74, 6) is 0.481. The average Bonchev–Trinajstić information content (AvgIpc) is 2.70. The molecular weight excluding hydrogens is 352 g/mol. The van der Waals surface area contributed by atoms with Crippen molar-refractivity contribution in [2.24, 2.45) is 0 Å². The zero-order chi connectivity index (χ0) is 19.9. The normalized spacial score (nSPS) is 10.6. The standard InChI is InChI=1S/C22H24N4O2/c1-4-28-22(27)17-14-23-20(16-10-6-5-7-11-16)26-21(17)25-19-13-9-8-12-18(19)24-15(2)3/h5-15,24H,4H2,1-3H3,(H,23,25,26). The number of aromatic nitrogens is 2. The van der Waals surface area contributed by atoms with Gasteiger partial charge in [0.05, 0.1) is 18.0 Å². The van der Waals surface area contributed by atoms with Crippen molar-refractivity contribution in [3.63, 3.8) is 0 Å². The number of esters is 1. The number of nitrogens with zero attached hydrogens (tertiary/aromatic N) is 2. The fourth-order valence-corrected chi connectivity index (χ4v) is 2.72. The van der Waals surface area contributed by atoms with Crippen LogP contribution >= 0.6 is 0 Å². The molecule has 144 valence electrons. The molecule has 0 atom stereocenters. The zero-order valence-corrected chi connectivity index (χ0v) is 16.3. The minimum atomic E-state index is -0.459. The Hall–Kier alpha value is -3.41. The number of carbonyl (C=O) groups is 1. The van der Waals surface area contributed by atoms with Gasteiger partial charge in [-0.1, -0.05) is 42.5 Å². The number of rotatable bonds is 7. The van der Waals surface area contributed by atoms with Crippen molar-refractivity contribution < 1.29 is 9.53 Å². The molecule has 3 aromatic rings. The third-order valence-electron chi connectivity index (χ3n) is 3.94. The molecule has 0 bridgehead atoms. The Morgan fingerprint density at radius 3 is 2.39 bits per heavy atom. The SMILES string of the molecule is CCOC(=O)c1cnc(-c2ccccc2)nc1Nc1ccccc1NC(C)C. The Balaban J connectivity index is 2.03. The lowest BCUT2D eigenvalue weighted by Gasteiger charge is -2.17. The predicted octanol–water partition coefficient (Wildman–Crippen LogP) is 4.88. The van der Waals surface area contributed by atoms with Crippen LogP contribution < -0.4 is 10.6 Å². The first-order valence-electron chi connectivity index (χ1n) is 9.30. The average molecular weight is 376 g/mol. The molecule has 6 nitrogen and oxygen atoms in total. The second-order valence-corrected chi connectivity index (χ2v) is 6.51. The van der Waals surface area contributed by atoms with Crippen molar-refractivity contribution in [2.75, 3.05) is 17.2 Å². The van der Waals surface area contributed by atoms with Crippen LogP contribution in [0.4, 0.5) is 17.2 Å².